The van der Waals surface area contributed by atoms with Crippen molar-refractivity contribution < 1.29 is 17.6 Å². The summed E-state index contributed by atoms with van der Waals surface area (Å²) >= 11 is 0. The normalized spacial score (nSPS) is 15.8. The lowest BCUT2D eigenvalue weighted by Crippen LogP contribution is -2.45. The van der Waals surface area contributed by atoms with Gasteiger partial charge in [-0.25, -0.2) is 9.37 Å². The first-order valence-corrected chi connectivity index (χ1v) is 10.3. The second kappa shape index (κ2) is 9.25. The number of nitrogens with zero attached hydrogens (tertiary/aromatic N) is 4. The molecule has 0 saturated carbocycles. The Labute approximate surface area is 183 Å². The lowest BCUT2D eigenvalue weighted by molar-refractivity contribution is -0.140. The number of halogens is 4. The smallest absolute Gasteiger partial charge is 0.323 e. The first-order valence-electron chi connectivity index (χ1n) is 10.3. The Morgan fingerprint density at radius 2 is 1.66 bits per heavy atom. The van der Waals surface area contributed by atoms with Gasteiger partial charge in [0.05, 0.1) is 11.3 Å². The topological polar surface area (TPSA) is 60.1 Å². The van der Waals surface area contributed by atoms with Crippen molar-refractivity contribution in [1.82, 2.24) is 25.0 Å². The van der Waals surface area contributed by atoms with Gasteiger partial charge in [0, 0.05) is 56.6 Å². The highest BCUT2D eigenvalue weighted by molar-refractivity contribution is 5.51. The predicted octanol–water partition coefficient (Wildman–Crippen LogP) is 4.33. The summed E-state index contributed by atoms with van der Waals surface area (Å²) in [5.41, 5.74) is 0.715. The van der Waals surface area contributed by atoms with E-state index in [1.807, 2.05) is 36.1 Å². The molecule has 1 aliphatic rings. The van der Waals surface area contributed by atoms with E-state index in [1.165, 1.54) is 12.1 Å². The number of nitrogens with one attached hydrogen (secondary N) is 2. The largest absolute Gasteiger partial charge is 0.419 e. The summed E-state index contributed by atoms with van der Waals surface area (Å²) in [6.45, 7) is 5.45. The van der Waals surface area contributed by atoms with Crippen LogP contribution in [0, 0.1) is 12.7 Å². The molecule has 0 amide bonds. The molecule has 6 nitrogen and oxygen atoms in total. The summed E-state index contributed by atoms with van der Waals surface area (Å²) in [4.78, 5) is 8.82. The molecule has 1 saturated heterocycles. The maximum atomic E-state index is 14.3. The molecule has 2 N–H and O–H groups in total. The lowest BCUT2D eigenvalue weighted by atomic mass is 10.1. The minimum Gasteiger partial charge on any atom is -0.323 e. The van der Waals surface area contributed by atoms with E-state index in [4.69, 9.17) is 0 Å². The number of aromatic nitrogens is 3. The molecular formula is C22H24F4N6. The molecular weight excluding hydrogens is 424 g/mol. The Morgan fingerprint density at radius 1 is 0.969 bits per heavy atom. The van der Waals surface area contributed by atoms with Gasteiger partial charge < -0.3 is 5.32 Å². The Bertz CT molecular complexity index is 1060. The van der Waals surface area contributed by atoms with Gasteiger partial charge in [-0.2, -0.15) is 18.3 Å². The summed E-state index contributed by atoms with van der Waals surface area (Å²) < 4.78 is 53.1. The SMILES string of the molecule is Cc1cc(Nc2cccc(CN3CCN(Cc4cccc(C(F)(F)F)c4F)CC3)n2)n[nH]1. The van der Waals surface area contributed by atoms with Crippen LogP contribution in [-0.4, -0.2) is 51.2 Å². The zero-order valence-corrected chi connectivity index (χ0v) is 17.6. The Kier molecular flexibility index (Phi) is 6.43. The highest BCUT2D eigenvalue weighted by Crippen LogP contribution is 2.32. The van der Waals surface area contributed by atoms with Crippen LogP contribution in [0.5, 0.6) is 0 Å². The van der Waals surface area contributed by atoms with Crippen LogP contribution in [-0.2, 0) is 19.3 Å². The first-order chi connectivity index (χ1) is 15.3. The molecule has 10 heteroatoms. The lowest BCUT2D eigenvalue weighted by Gasteiger charge is -2.34. The van der Waals surface area contributed by atoms with Crippen LogP contribution in [0.3, 0.4) is 0 Å². The molecule has 170 valence electrons. The van der Waals surface area contributed by atoms with Crippen molar-refractivity contribution in [3.8, 4) is 0 Å². The Hall–Kier alpha value is -2.98. The first kappa shape index (κ1) is 22.2. The second-order valence-corrected chi connectivity index (χ2v) is 7.90. The summed E-state index contributed by atoms with van der Waals surface area (Å²) in [6.07, 6.45) is -4.69. The molecule has 0 atom stereocenters. The predicted molar refractivity (Wildman–Crippen MR) is 113 cm³/mol. The number of hydrogen-bond acceptors (Lipinski definition) is 5. The van der Waals surface area contributed by atoms with E-state index in [1.54, 1.807) is 0 Å². The summed E-state index contributed by atoms with van der Waals surface area (Å²) in [5, 5.41) is 10.2. The molecule has 3 aromatic rings. The third-order valence-corrected chi connectivity index (χ3v) is 5.40. The summed E-state index contributed by atoms with van der Waals surface area (Å²) in [7, 11) is 0. The maximum absolute atomic E-state index is 14.3. The fourth-order valence-electron chi connectivity index (χ4n) is 3.75. The van der Waals surface area contributed by atoms with Gasteiger partial charge in [0.2, 0.25) is 0 Å². The number of rotatable bonds is 6. The fraction of sp³-hybridized carbons (Fsp3) is 0.364. The number of H-pyrrole nitrogens is 1. The highest BCUT2D eigenvalue weighted by Gasteiger charge is 2.35. The summed E-state index contributed by atoms with van der Waals surface area (Å²) in [6, 6.07) is 11.1. The van der Waals surface area contributed by atoms with Crippen LogP contribution in [0.15, 0.2) is 42.5 Å². The van der Waals surface area contributed by atoms with Crippen molar-refractivity contribution in [1.29, 1.82) is 0 Å². The van der Waals surface area contributed by atoms with Gasteiger partial charge in [-0.1, -0.05) is 18.2 Å². The number of pyridine rings is 1. The third kappa shape index (κ3) is 5.43. The number of anilines is 2. The number of benzene rings is 1. The molecule has 3 heterocycles. The number of alkyl halides is 3. The van der Waals surface area contributed by atoms with Gasteiger partial charge in [0.15, 0.2) is 5.82 Å². The van der Waals surface area contributed by atoms with Crippen molar-refractivity contribution in [3.63, 3.8) is 0 Å². The van der Waals surface area contributed by atoms with Crippen LogP contribution < -0.4 is 5.32 Å². The number of hydrogen-bond donors (Lipinski definition) is 2. The number of aromatic amines is 1. The molecule has 2 aromatic heterocycles. The molecule has 1 aliphatic heterocycles. The van der Waals surface area contributed by atoms with Gasteiger partial charge in [0.1, 0.15) is 11.6 Å². The fourth-order valence-corrected chi connectivity index (χ4v) is 3.75. The molecule has 32 heavy (non-hydrogen) atoms. The highest BCUT2D eigenvalue weighted by atomic mass is 19.4. The van der Waals surface area contributed by atoms with Crippen LogP contribution in [0.1, 0.15) is 22.5 Å². The van der Waals surface area contributed by atoms with Crippen LogP contribution in [0.25, 0.3) is 0 Å². The molecule has 1 aromatic carbocycles. The summed E-state index contributed by atoms with van der Waals surface area (Å²) in [5.74, 6) is 0.221. The average Bonchev–Trinajstić information content (AvgIpc) is 3.15. The molecule has 0 radical (unpaired) electrons. The monoisotopic (exact) mass is 448 g/mol. The zero-order valence-electron chi connectivity index (χ0n) is 17.6. The van der Waals surface area contributed by atoms with Gasteiger partial charge in [0.25, 0.3) is 0 Å². The Balaban J connectivity index is 1.32. The van der Waals surface area contributed by atoms with Crippen LogP contribution >= 0.6 is 0 Å². The number of aryl methyl sites for hydroxylation is 1. The van der Waals surface area contributed by atoms with E-state index >= 15 is 0 Å². The number of piperazine rings is 1. The minimum absolute atomic E-state index is 0.0716. The Morgan fingerprint density at radius 3 is 2.31 bits per heavy atom. The van der Waals surface area contributed by atoms with Gasteiger partial charge in [-0.3, -0.25) is 14.9 Å². The van der Waals surface area contributed by atoms with E-state index in [0.29, 0.717) is 31.3 Å². The molecule has 1 fully saturated rings. The van der Waals surface area contributed by atoms with Gasteiger partial charge in [-0.05, 0) is 25.1 Å². The van der Waals surface area contributed by atoms with E-state index < -0.39 is 17.6 Å². The van der Waals surface area contributed by atoms with Crippen molar-refractivity contribution in [3.05, 3.63) is 70.8 Å². The third-order valence-electron chi connectivity index (χ3n) is 5.40. The molecule has 0 aliphatic carbocycles. The van der Waals surface area contributed by atoms with E-state index in [0.717, 1.165) is 30.5 Å². The van der Waals surface area contributed by atoms with Crippen molar-refractivity contribution >= 4 is 11.6 Å². The molecule has 4 rings (SSSR count). The molecule has 0 unspecified atom stereocenters. The van der Waals surface area contributed by atoms with E-state index in [9.17, 15) is 17.6 Å². The van der Waals surface area contributed by atoms with E-state index in [2.05, 4.69) is 25.4 Å². The minimum atomic E-state index is -4.69. The van der Waals surface area contributed by atoms with Gasteiger partial charge in [-0.15, -0.1) is 0 Å². The maximum Gasteiger partial charge on any atom is 0.419 e. The van der Waals surface area contributed by atoms with E-state index in [-0.39, 0.29) is 12.1 Å². The zero-order chi connectivity index (χ0) is 22.7. The van der Waals surface area contributed by atoms with Crippen LogP contribution in [0.4, 0.5) is 29.2 Å². The van der Waals surface area contributed by atoms with Crippen molar-refractivity contribution in [2.45, 2.75) is 26.2 Å². The second-order valence-electron chi connectivity index (χ2n) is 7.90. The van der Waals surface area contributed by atoms with Crippen LogP contribution in [0.2, 0.25) is 0 Å². The molecule has 0 spiro atoms. The van der Waals surface area contributed by atoms with Crippen molar-refractivity contribution in [2.24, 2.45) is 0 Å². The standard InChI is InChI=1S/C22H24F4N6/c1-15-12-20(30-29-15)28-19-7-3-5-17(27-19)14-32-10-8-31(9-11-32)13-16-4-2-6-18(21(16)23)22(24,25)26/h2-7,12H,8-11,13-14H2,1H3,(H2,27,28,29,30). The quantitative estimate of drug-likeness (QED) is 0.550. The van der Waals surface area contributed by atoms with Crippen molar-refractivity contribution in [2.75, 3.05) is 31.5 Å². The average molecular weight is 448 g/mol. The molecule has 0 bridgehead atoms. The van der Waals surface area contributed by atoms with Gasteiger partial charge >= 0.3 is 6.18 Å².